The fraction of sp³-hybridized carbons (Fsp3) is 1.00. The highest BCUT2D eigenvalue weighted by Crippen LogP contribution is 2.19. The van der Waals surface area contributed by atoms with Gasteiger partial charge >= 0.3 is 0 Å². The Labute approximate surface area is 101 Å². The van der Waals surface area contributed by atoms with Crippen LogP contribution >= 0.6 is 0 Å². The summed E-state index contributed by atoms with van der Waals surface area (Å²) in [5.41, 5.74) is 0. The minimum Gasteiger partial charge on any atom is -0.0683 e. The third-order valence-electron chi connectivity index (χ3n) is 2.13. The van der Waals surface area contributed by atoms with Crippen molar-refractivity contribution < 1.29 is 0 Å². The molecule has 1 unspecified atom stereocenters. The van der Waals surface area contributed by atoms with Gasteiger partial charge in [0.1, 0.15) is 0 Å². The first-order valence-corrected chi connectivity index (χ1v) is 7.22. The van der Waals surface area contributed by atoms with Gasteiger partial charge in [-0.2, -0.15) is 0 Å². The van der Waals surface area contributed by atoms with Gasteiger partial charge < -0.3 is 0 Å². The van der Waals surface area contributed by atoms with Crippen LogP contribution in [-0.2, 0) is 0 Å². The van der Waals surface area contributed by atoms with Crippen LogP contribution in [0.2, 0.25) is 0 Å². The van der Waals surface area contributed by atoms with E-state index in [1.165, 1.54) is 19.3 Å². The molecule has 15 heavy (non-hydrogen) atoms. The van der Waals surface area contributed by atoms with Gasteiger partial charge in [-0.25, -0.2) is 0 Å². The minimum absolute atomic E-state index is 0.884. The molecule has 0 saturated carbocycles. The second-order valence-corrected chi connectivity index (χ2v) is 3.20. The summed E-state index contributed by atoms with van der Waals surface area (Å²) in [6.45, 7) is 21.2. The lowest BCUT2D eigenvalue weighted by Gasteiger charge is -2.17. The zero-order chi connectivity index (χ0) is 13.3. The Morgan fingerprint density at radius 2 is 1.07 bits per heavy atom. The Bertz CT molecular complexity index is 55.1. The molecule has 0 N–H and O–H groups in total. The summed E-state index contributed by atoms with van der Waals surface area (Å²) >= 11 is 0. The van der Waals surface area contributed by atoms with Crippen molar-refractivity contribution >= 4 is 0 Å². The Hall–Kier alpha value is 0. The van der Waals surface area contributed by atoms with Gasteiger partial charge in [-0.3, -0.25) is 0 Å². The minimum atomic E-state index is 0.884. The molecule has 0 aliphatic carbocycles. The third kappa shape index (κ3) is 24.9. The highest BCUT2D eigenvalue weighted by Gasteiger charge is 2.08. The first kappa shape index (κ1) is 24.3. The summed E-state index contributed by atoms with van der Waals surface area (Å²) in [5, 5.41) is 0. The quantitative estimate of drug-likeness (QED) is 0.502. The van der Waals surface area contributed by atoms with Gasteiger partial charge in [0.2, 0.25) is 0 Å². The van der Waals surface area contributed by atoms with Gasteiger partial charge in [-0.1, -0.05) is 88.5 Å². The molecule has 0 aromatic rings. The Morgan fingerprint density at radius 1 is 0.733 bits per heavy atom. The Balaban J connectivity index is -0.0000000860. The predicted octanol–water partition coefficient (Wildman–Crippen LogP) is 6.55. The summed E-state index contributed by atoms with van der Waals surface area (Å²) in [6, 6.07) is 0. The summed E-state index contributed by atoms with van der Waals surface area (Å²) < 4.78 is 0. The largest absolute Gasteiger partial charge is 0.0683 e. The number of rotatable bonds is 4. The molecule has 0 saturated heterocycles. The lowest BCUT2D eigenvalue weighted by atomic mass is 9.89. The highest BCUT2D eigenvalue weighted by atomic mass is 14.1. The van der Waals surface area contributed by atoms with Crippen LogP contribution < -0.4 is 0 Å². The van der Waals surface area contributed by atoms with Crippen LogP contribution in [0.4, 0.5) is 0 Å². The molecule has 1 atom stereocenters. The van der Waals surface area contributed by atoms with E-state index in [1.54, 1.807) is 0 Å². The van der Waals surface area contributed by atoms with E-state index in [9.17, 15) is 0 Å². The van der Waals surface area contributed by atoms with E-state index in [4.69, 9.17) is 0 Å². The molecule has 0 radical (unpaired) electrons. The first-order valence-electron chi connectivity index (χ1n) is 7.22. The fourth-order valence-corrected chi connectivity index (χ4v) is 1.38. The average molecular weight is 218 g/mol. The smallest absolute Gasteiger partial charge is 0.0394 e. The van der Waals surface area contributed by atoms with Crippen LogP contribution in [0, 0.1) is 11.8 Å². The molecule has 0 aliphatic rings. The summed E-state index contributed by atoms with van der Waals surface area (Å²) in [4.78, 5) is 0. The maximum atomic E-state index is 2.32. The van der Waals surface area contributed by atoms with Gasteiger partial charge in [0, 0.05) is 0 Å². The molecular formula is C15H38. The van der Waals surface area contributed by atoms with E-state index in [0.717, 1.165) is 11.8 Å². The zero-order valence-corrected chi connectivity index (χ0v) is 13.3. The van der Waals surface area contributed by atoms with E-state index in [0.29, 0.717) is 0 Å². The average Bonchev–Trinajstić information content (AvgIpc) is 2.33. The predicted molar refractivity (Wildman–Crippen MR) is 77.6 cm³/mol. The molecule has 0 rings (SSSR count). The highest BCUT2D eigenvalue weighted by molar-refractivity contribution is 4.59. The van der Waals surface area contributed by atoms with E-state index in [2.05, 4.69) is 27.7 Å². The van der Waals surface area contributed by atoms with Gasteiger partial charge in [0.15, 0.2) is 0 Å². The molecule has 0 nitrogen and oxygen atoms in total. The first-order chi connectivity index (χ1) is 7.22. The second-order valence-electron chi connectivity index (χ2n) is 3.20. The second kappa shape index (κ2) is 29.2. The Morgan fingerprint density at radius 3 is 1.13 bits per heavy atom. The molecule has 0 amide bonds. The van der Waals surface area contributed by atoms with E-state index < -0.39 is 0 Å². The molecule has 98 valence electrons. The van der Waals surface area contributed by atoms with Crippen molar-refractivity contribution in [1.82, 2.24) is 0 Å². The lowest BCUT2D eigenvalue weighted by Crippen LogP contribution is -2.06. The van der Waals surface area contributed by atoms with Crippen molar-refractivity contribution in [3.05, 3.63) is 0 Å². The van der Waals surface area contributed by atoms with Crippen molar-refractivity contribution in [2.24, 2.45) is 11.8 Å². The van der Waals surface area contributed by atoms with Crippen molar-refractivity contribution in [1.29, 1.82) is 0 Å². The van der Waals surface area contributed by atoms with Gasteiger partial charge in [0.25, 0.3) is 0 Å². The monoisotopic (exact) mass is 218 g/mol. The molecule has 0 aliphatic heterocycles. The van der Waals surface area contributed by atoms with Crippen LogP contribution in [0.5, 0.6) is 0 Å². The molecule has 0 aromatic carbocycles. The molecule has 0 aromatic heterocycles. The molecule has 0 spiro atoms. The maximum Gasteiger partial charge on any atom is -0.0394 e. The van der Waals surface area contributed by atoms with Crippen molar-refractivity contribution in [2.75, 3.05) is 0 Å². The normalized spacial score (nSPS) is 9.80. The standard InChI is InChI=1S/C9H20.3C2H6/c1-5-7-9(6-2)8(3)4;3*1-2/h8-9H,5-7H2,1-4H3;3*1-2H3. The SMILES string of the molecule is CC.CC.CC.CCCC(CC)C(C)C. The van der Waals surface area contributed by atoms with Crippen LogP contribution in [0.15, 0.2) is 0 Å². The van der Waals surface area contributed by atoms with Crippen molar-refractivity contribution in [3.63, 3.8) is 0 Å². The molecule has 0 heteroatoms. The summed E-state index contributed by atoms with van der Waals surface area (Å²) in [6.07, 6.45) is 4.11. The van der Waals surface area contributed by atoms with Crippen LogP contribution in [0.3, 0.4) is 0 Å². The van der Waals surface area contributed by atoms with Crippen molar-refractivity contribution in [2.45, 2.75) is 88.5 Å². The van der Waals surface area contributed by atoms with E-state index >= 15 is 0 Å². The summed E-state index contributed by atoms with van der Waals surface area (Å²) in [5.74, 6) is 1.85. The van der Waals surface area contributed by atoms with Gasteiger partial charge in [0.05, 0.1) is 0 Å². The topological polar surface area (TPSA) is 0 Å². The Kier molecular flexibility index (Phi) is 47.3. The molecule has 0 bridgehead atoms. The number of hydrogen-bond donors (Lipinski definition) is 0. The van der Waals surface area contributed by atoms with Crippen LogP contribution in [-0.4, -0.2) is 0 Å². The van der Waals surface area contributed by atoms with E-state index in [-0.39, 0.29) is 0 Å². The van der Waals surface area contributed by atoms with Gasteiger partial charge in [-0.05, 0) is 11.8 Å². The molecule has 0 fully saturated rings. The van der Waals surface area contributed by atoms with Crippen molar-refractivity contribution in [3.8, 4) is 0 Å². The van der Waals surface area contributed by atoms with Gasteiger partial charge in [-0.15, -0.1) is 0 Å². The molecule has 0 heterocycles. The third-order valence-corrected chi connectivity index (χ3v) is 2.13. The summed E-state index contributed by atoms with van der Waals surface area (Å²) in [7, 11) is 0. The zero-order valence-electron chi connectivity index (χ0n) is 13.3. The van der Waals surface area contributed by atoms with Crippen LogP contribution in [0.1, 0.15) is 88.5 Å². The van der Waals surface area contributed by atoms with E-state index in [1.807, 2.05) is 41.5 Å². The lowest BCUT2D eigenvalue weighted by molar-refractivity contribution is 0.346. The number of hydrogen-bond acceptors (Lipinski definition) is 0. The fourth-order valence-electron chi connectivity index (χ4n) is 1.38. The van der Waals surface area contributed by atoms with Crippen LogP contribution in [0.25, 0.3) is 0 Å². The maximum absolute atomic E-state index is 2.32. The molecular weight excluding hydrogens is 180 g/mol.